The van der Waals surface area contributed by atoms with Crippen molar-refractivity contribution in [2.24, 2.45) is 0 Å². The van der Waals surface area contributed by atoms with Gasteiger partial charge in [-0.05, 0) is 12.1 Å². The van der Waals surface area contributed by atoms with Gasteiger partial charge in [0.2, 0.25) is 10.0 Å². The third-order valence-corrected chi connectivity index (χ3v) is 5.06. The molecule has 0 saturated carbocycles. The number of aliphatic hydroxyl groups is 1. The molecule has 1 aromatic carbocycles. The van der Waals surface area contributed by atoms with Crippen LogP contribution in [-0.4, -0.2) is 43.7 Å². The van der Waals surface area contributed by atoms with Gasteiger partial charge in [-0.15, -0.1) is 0 Å². The fraction of sp³-hybridized carbons (Fsp3) is 0.400. The minimum absolute atomic E-state index is 0.0938. The van der Waals surface area contributed by atoms with Crippen LogP contribution in [0.5, 0.6) is 0 Å². The van der Waals surface area contributed by atoms with Crippen LogP contribution in [0, 0.1) is 0 Å². The van der Waals surface area contributed by atoms with E-state index >= 15 is 0 Å². The van der Waals surface area contributed by atoms with Crippen LogP contribution in [0.25, 0.3) is 0 Å². The zero-order valence-corrected chi connectivity index (χ0v) is 12.2. The van der Waals surface area contributed by atoms with Gasteiger partial charge in [0.05, 0.1) is 16.7 Å². The van der Waals surface area contributed by atoms with Crippen molar-refractivity contribution in [3.05, 3.63) is 28.2 Å². The van der Waals surface area contributed by atoms with Crippen molar-refractivity contribution < 1.29 is 26.7 Å². The zero-order valence-electron chi connectivity index (χ0n) is 9.86. The zero-order chi connectivity index (χ0) is 15.6. The minimum atomic E-state index is -4.74. The van der Waals surface area contributed by atoms with Gasteiger partial charge in [0.25, 0.3) is 0 Å². The number of hydrogen-bond donors (Lipinski definition) is 1. The summed E-state index contributed by atoms with van der Waals surface area (Å²) in [5.74, 6) is 0. The Hall–Kier alpha value is -0.540. The summed E-state index contributed by atoms with van der Waals surface area (Å²) in [6.07, 6.45) is -4.74. The summed E-state index contributed by atoms with van der Waals surface area (Å²) in [5, 5.41) is 8.28. The monoisotopic (exact) mass is 351 g/mol. The van der Waals surface area contributed by atoms with Crippen LogP contribution in [0.1, 0.15) is 0 Å². The molecule has 0 atom stereocenters. The summed E-state index contributed by atoms with van der Waals surface area (Å²) in [6.45, 7) is -3.18. The lowest BCUT2D eigenvalue weighted by Crippen LogP contribution is -2.40. The molecule has 0 unspecified atom stereocenters. The Morgan fingerprint density at radius 2 is 1.85 bits per heavy atom. The number of nitrogens with zero attached hydrogens (tertiary/aromatic N) is 1. The second-order valence-corrected chi connectivity index (χ2v) is 6.42. The molecular formula is C10H10Cl2F3NO3S. The van der Waals surface area contributed by atoms with E-state index in [9.17, 15) is 21.6 Å². The molecule has 0 radical (unpaired) electrons. The molecule has 0 aliphatic carbocycles. The summed E-state index contributed by atoms with van der Waals surface area (Å²) in [4.78, 5) is -0.538. The fourth-order valence-corrected chi connectivity index (χ4v) is 3.57. The summed E-state index contributed by atoms with van der Waals surface area (Å²) in [7, 11) is -4.51. The Morgan fingerprint density at radius 1 is 1.25 bits per heavy atom. The summed E-state index contributed by atoms with van der Waals surface area (Å²) >= 11 is 11.4. The third-order valence-electron chi connectivity index (χ3n) is 2.24. The average molecular weight is 352 g/mol. The molecule has 114 valence electrons. The Bertz CT molecular complexity index is 578. The first-order chi connectivity index (χ1) is 9.09. The maximum absolute atomic E-state index is 12.4. The normalized spacial score (nSPS) is 12.9. The number of hydrogen-bond acceptors (Lipinski definition) is 3. The van der Waals surface area contributed by atoms with Crippen LogP contribution in [-0.2, 0) is 10.0 Å². The maximum Gasteiger partial charge on any atom is 0.402 e. The highest BCUT2D eigenvalue weighted by Crippen LogP contribution is 2.32. The van der Waals surface area contributed by atoms with Gasteiger partial charge in [-0.2, -0.15) is 17.5 Å². The first-order valence-corrected chi connectivity index (χ1v) is 7.41. The van der Waals surface area contributed by atoms with Crippen molar-refractivity contribution in [1.29, 1.82) is 0 Å². The van der Waals surface area contributed by atoms with E-state index in [1.165, 1.54) is 12.1 Å². The minimum Gasteiger partial charge on any atom is -0.395 e. The van der Waals surface area contributed by atoms with Crippen molar-refractivity contribution in [2.75, 3.05) is 19.7 Å². The van der Waals surface area contributed by atoms with Crippen molar-refractivity contribution in [2.45, 2.75) is 11.1 Å². The van der Waals surface area contributed by atoms with Crippen LogP contribution in [0.3, 0.4) is 0 Å². The van der Waals surface area contributed by atoms with E-state index in [1.54, 1.807) is 0 Å². The lowest BCUT2D eigenvalue weighted by molar-refractivity contribution is -0.136. The number of rotatable bonds is 5. The summed E-state index contributed by atoms with van der Waals surface area (Å²) < 4.78 is 61.6. The van der Waals surface area contributed by atoms with E-state index in [1.807, 2.05) is 0 Å². The first kappa shape index (κ1) is 17.5. The predicted molar refractivity (Wildman–Crippen MR) is 68.4 cm³/mol. The average Bonchev–Trinajstić information content (AvgIpc) is 2.30. The van der Waals surface area contributed by atoms with Crippen LogP contribution in [0.4, 0.5) is 13.2 Å². The van der Waals surface area contributed by atoms with E-state index in [2.05, 4.69) is 0 Å². The molecule has 1 rings (SSSR count). The number of halogens is 5. The highest BCUT2D eigenvalue weighted by molar-refractivity contribution is 7.89. The summed E-state index contributed by atoms with van der Waals surface area (Å²) in [6, 6.07) is 3.61. The lowest BCUT2D eigenvalue weighted by Gasteiger charge is -2.23. The Labute approximate surface area is 123 Å². The van der Waals surface area contributed by atoms with Crippen molar-refractivity contribution in [1.82, 2.24) is 4.31 Å². The second kappa shape index (κ2) is 6.48. The van der Waals surface area contributed by atoms with Crippen molar-refractivity contribution >= 4 is 33.2 Å². The summed E-state index contributed by atoms with van der Waals surface area (Å²) in [5.41, 5.74) is 0. The van der Waals surface area contributed by atoms with Gasteiger partial charge in [0.1, 0.15) is 11.4 Å². The first-order valence-electron chi connectivity index (χ1n) is 5.21. The van der Waals surface area contributed by atoms with Gasteiger partial charge in [-0.1, -0.05) is 29.3 Å². The highest BCUT2D eigenvalue weighted by Gasteiger charge is 2.37. The van der Waals surface area contributed by atoms with Crippen LogP contribution in [0.15, 0.2) is 23.1 Å². The lowest BCUT2D eigenvalue weighted by atomic mass is 10.4. The predicted octanol–water partition coefficient (Wildman–Crippen LogP) is 2.54. The van der Waals surface area contributed by atoms with E-state index in [-0.39, 0.29) is 14.4 Å². The number of sulfonamides is 1. The molecule has 0 amide bonds. The molecule has 0 aromatic heterocycles. The number of aliphatic hydroxyl groups excluding tert-OH is 1. The fourth-order valence-electron chi connectivity index (χ4n) is 1.42. The topological polar surface area (TPSA) is 57.6 Å². The van der Waals surface area contributed by atoms with Gasteiger partial charge in [0, 0.05) is 6.54 Å². The molecule has 1 aromatic rings. The Balaban J connectivity index is 3.26. The molecule has 0 bridgehead atoms. The molecular weight excluding hydrogens is 342 g/mol. The molecule has 0 aliphatic heterocycles. The molecule has 1 N–H and O–H groups in total. The Morgan fingerprint density at radius 3 is 2.35 bits per heavy atom. The molecule has 10 heteroatoms. The second-order valence-electron chi connectivity index (χ2n) is 3.73. The Kier molecular flexibility index (Phi) is 5.68. The molecule has 0 heterocycles. The van der Waals surface area contributed by atoms with E-state index in [0.29, 0.717) is 0 Å². The van der Waals surface area contributed by atoms with E-state index < -0.39 is 40.8 Å². The van der Waals surface area contributed by atoms with Crippen LogP contribution in [0.2, 0.25) is 10.0 Å². The van der Waals surface area contributed by atoms with Crippen molar-refractivity contribution in [3.63, 3.8) is 0 Å². The molecule has 4 nitrogen and oxygen atoms in total. The van der Waals surface area contributed by atoms with E-state index in [0.717, 1.165) is 6.07 Å². The third kappa shape index (κ3) is 4.23. The molecule has 0 fully saturated rings. The van der Waals surface area contributed by atoms with Gasteiger partial charge >= 0.3 is 6.18 Å². The van der Waals surface area contributed by atoms with Crippen molar-refractivity contribution in [3.8, 4) is 0 Å². The van der Waals surface area contributed by atoms with Gasteiger partial charge < -0.3 is 5.11 Å². The maximum atomic E-state index is 12.4. The van der Waals surface area contributed by atoms with E-state index in [4.69, 9.17) is 28.3 Å². The number of alkyl halides is 3. The molecule has 20 heavy (non-hydrogen) atoms. The standard InChI is InChI=1S/C10H10Cl2F3NO3S/c11-7-2-1-3-8(9(7)12)20(18,19)16(4-5-17)6-10(13,14)15/h1-3,17H,4-6H2. The van der Waals surface area contributed by atoms with Crippen LogP contribution >= 0.6 is 23.2 Å². The van der Waals surface area contributed by atoms with Gasteiger partial charge in [-0.3, -0.25) is 0 Å². The number of benzene rings is 1. The van der Waals surface area contributed by atoms with Gasteiger partial charge in [-0.25, -0.2) is 8.42 Å². The van der Waals surface area contributed by atoms with Crippen LogP contribution < -0.4 is 0 Å². The highest BCUT2D eigenvalue weighted by atomic mass is 35.5. The molecule has 0 saturated heterocycles. The molecule has 0 spiro atoms. The molecule has 0 aliphatic rings. The smallest absolute Gasteiger partial charge is 0.395 e. The largest absolute Gasteiger partial charge is 0.402 e. The SMILES string of the molecule is O=S(=O)(c1cccc(Cl)c1Cl)N(CCO)CC(F)(F)F. The van der Waals surface area contributed by atoms with Gasteiger partial charge in [0.15, 0.2) is 0 Å². The quantitative estimate of drug-likeness (QED) is 0.886.